The fourth-order valence-electron chi connectivity index (χ4n) is 4.83. The first-order valence-electron chi connectivity index (χ1n) is 11.9. The smallest absolute Gasteiger partial charge is 0.331 e. The van der Waals surface area contributed by atoms with Gasteiger partial charge in [-0.1, -0.05) is 67.6 Å². The van der Waals surface area contributed by atoms with Gasteiger partial charge < -0.3 is 9.67 Å². The Labute approximate surface area is 200 Å². The van der Waals surface area contributed by atoms with Crippen LogP contribution in [0.1, 0.15) is 49.8 Å². The molecule has 0 aliphatic carbocycles. The van der Waals surface area contributed by atoms with Gasteiger partial charge in [0.15, 0.2) is 11.7 Å². The van der Waals surface area contributed by atoms with Gasteiger partial charge in [-0.15, -0.1) is 0 Å². The third kappa shape index (κ3) is 4.01. The van der Waals surface area contributed by atoms with Crippen molar-refractivity contribution in [1.82, 2.24) is 14.5 Å². The van der Waals surface area contributed by atoms with Crippen LogP contribution in [0.2, 0.25) is 0 Å². The number of urea groups is 1. The maximum atomic E-state index is 13.5. The Bertz CT molecular complexity index is 1210. The molecule has 2 amide bonds. The molecule has 1 N–H and O–H groups in total. The van der Waals surface area contributed by atoms with E-state index in [1.165, 1.54) is 5.56 Å². The molecule has 1 atom stereocenters. The van der Waals surface area contributed by atoms with Crippen LogP contribution in [-0.4, -0.2) is 50.6 Å². The van der Waals surface area contributed by atoms with Crippen molar-refractivity contribution in [3.8, 4) is 0 Å². The predicted molar refractivity (Wildman–Crippen MR) is 133 cm³/mol. The highest BCUT2D eigenvalue weighted by atomic mass is 16.3. The number of fused-ring (bicyclic) bond motifs is 3. The standard InChI is InChI=1S/C27H31N5O2/c1-4-15-30-24-22(31(25(29-24)27(2,3)34)17-20-13-9-6-10-14-20)23-28-21(18-32(23)26(30)33)16-19-11-7-5-8-12-19/h5-14,21,34H,4,15-18H2,1-3H3/t21-/m1/s1. The molecule has 0 radical (unpaired) electrons. The van der Waals surface area contributed by atoms with Crippen molar-refractivity contribution in [2.75, 3.05) is 18.0 Å². The van der Waals surface area contributed by atoms with Crippen molar-refractivity contribution in [1.29, 1.82) is 0 Å². The van der Waals surface area contributed by atoms with E-state index in [9.17, 15) is 9.90 Å². The third-order valence-corrected chi connectivity index (χ3v) is 6.32. The number of carbonyl (C=O) groups excluding carboxylic acids is 1. The Morgan fingerprint density at radius 2 is 1.68 bits per heavy atom. The lowest BCUT2D eigenvalue weighted by molar-refractivity contribution is 0.0652. The van der Waals surface area contributed by atoms with Gasteiger partial charge in [0.1, 0.15) is 17.1 Å². The van der Waals surface area contributed by atoms with Crippen molar-refractivity contribution in [2.45, 2.75) is 51.8 Å². The van der Waals surface area contributed by atoms with Crippen LogP contribution in [0, 0.1) is 0 Å². The summed E-state index contributed by atoms with van der Waals surface area (Å²) in [6, 6.07) is 20.3. The van der Waals surface area contributed by atoms with Gasteiger partial charge in [0.05, 0.1) is 12.6 Å². The monoisotopic (exact) mass is 457 g/mol. The normalized spacial score (nSPS) is 17.6. The van der Waals surface area contributed by atoms with E-state index in [0.29, 0.717) is 37.1 Å². The molecule has 0 bridgehead atoms. The molecule has 3 heterocycles. The highest BCUT2D eigenvalue weighted by molar-refractivity contribution is 6.18. The number of anilines is 1. The number of hydrogen-bond donors (Lipinski definition) is 1. The van der Waals surface area contributed by atoms with E-state index >= 15 is 0 Å². The zero-order valence-corrected chi connectivity index (χ0v) is 20.0. The number of rotatable bonds is 7. The first-order chi connectivity index (χ1) is 16.4. The van der Waals surface area contributed by atoms with Gasteiger partial charge in [-0.25, -0.2) is 9.78 Å². The minimum Gasteiger partial charge on any atom is -0.383 e. The Hall–Kier alpha value is -3.45. The number of aromatic nitrogens is 2. The Balaban J connectivity index is 1.64. The molecule has 0 saturated heterocycles. The van der Waals surface area contributed by atoms with E-state index in [-0.39, 0.29) is 12.1 Å². The molecule has 0 fully saturated rings. The van der Waals surface area contributed by atoms with Crippen LogP contribution < -0.4 is 4.90 Å². The number of benzene rings is 2. The summed E-state index contributed by atoms with van der Waals surface area (Å²) in [5, 5.41) is 11.0. The van der Waals surface area contributed by atoms with Crippen molar-refractivity contribution in [3.63, 3.8) is 0 Å². The fraction of sp³-hybridized carbons (Fsp3) is 0.370. The number of amides is 2. The average molecular weight is 458 g/mol. The molecule has 2 aliphatic rings. The highest BCUT2D eigenvalue weighted by Gasteiger charge is 2.45. The summed E-state index contributed by atoms with van der Waals surface area (Å²) in [7, 11) is 0. The van der Waals surface area contributed by atoms with Crippen molar-refractivity contribution in [2.24, 2.45) is 4.99 Å². The average Bonchev–Trinajstić information content (AvgIpc) is 3.40. The number of amidine groups is 1. The lowest BCUT2D eigenvalue weighted by Crippen LogP contribution is -2.51. The van der Waals surface area contributed by atoms with Gasteiger partial charge in [0.25, 0.3) is 0 Å². The largest absolute Gasteiger partial charge is 0.383 e. The maximum absolute atomic E-state index is 13.5. The summed E-state index contributed by atoms with van der Waals surface area (Å²) in [4.78, 5) is 27.0. The third-order valence-electron chi connectivity index (χ3n) is 6.32. The van der Waals surface area contributed by atoms with Crippen LogP contribution in [0.3, 0.4) is 0 Å². The van der Waals surface area contributed by atoms with Crippen molar-refractivity contribution >= 4 is 17.7 Å². The number of imidazole rings is 1. The fourth-order valence-corrected chi connectivity index (χ4v) is 4.83. The minimum atomic E-state index is -1.18. The number of aliphatic hydroxyl groups is 1. The number of aliphatic imine (C=N–C) groups is 1. The molecule has 176 valence electrons. The Morgan fingerprint density at radius 1 is 1.03 bits per heavy atom. The molecule has 1 aromatic heterocycles. The molecule has 0 saturated carbocycles. The molecule has 2 aliphatic heterocycles. The lowest BCUT2D eigenvalue weighted by atomic mass is 10.1. The van der Waals surface area contributed by atoms with Crippen molar-refractivity contribution in [3.05, 3.63) is 83.3 Å². The quantitative estimate of drug-likeness (QED) is 0.578. The topological polar surface area (TPSA) is 74.0 Å². The zero-order chi connectivity index (χ0) is 23.9. The molecule has 7 heteroatoms. The van der Waals surface area contributed by atoms with E-state index in [2.05, 4.69) is 31.2 Å². The van der Waals surface area contributed by atoms with E-state index in [1.54, 1.807) is 23.6 Å². The second kappa shape index (κ2) is 8.72. The molecule has 5 rings (SSSR count). The van der Waals surface area contributed by atoms with Crippen LogP contribution in [0.5, 0.6) is 0 Å². The van der Waals surface area contributed by atoms with E-state index in [0.717, 1.165) is 24.1 Å². The summed E-state index contributed by atoms with van der Waals surface area (Å²) in [6.45, 7) is 7.16. The van der Waals surface area contributed by atoms with Crippen molar-refractivity contribution < 1.29 is 9.90 Å². The summed E-state index contributed by atoms with van der Waals surface area (Å²) >= 11 is 0. The van der Waals surface area contributed by atoms with Gasteiger partial charge in [-0.05, 0) is 37.8 Å². The van der Waals surface area contributed by atoms with Gasteiger partial charge in [-0.3, -0.25) is 14.8 Å². The van der Waals surface area contributed by atoms with E-state index in [1.807, 2.05) is 41.0 Å². The maximum Gasteiger partial charge on any atom is 0.331 e. The van der Waals surface area contributed by atoms with E-state index in [4.69, 9.17) is 9.98 Å². The zero-order valence-electron chi connectivity index (χ0n) is 20.0. The number of hydrogen-bond acceptors (Lipinski definition) is 4. The van der Waals surface area contributed by atoms with Gasteiger partial charge in [0, 0.05) is 13.1 Å². The summed E-state index contributed by atoms with van der Waals surface area (Å²) < 4.78 is 2.04. The van der Waals surface area contributed by atoms with Crippen LogP contribution in [0.4, 0.5) is 10.6 Å². The summed E-state index contributed by atoms with van der Waals surface area (Å²) in [5.41, 5.74) is 1.92. The lowest BCUT2D eigenvalue weighted by Gasteiger charge is -2.33. The molecule has 0 spiro atoms. The van der Waals surface area contributed by atoms with Crippen LogP contribution >= 0.6 is 0 Å². The summed E-state index contributed by atoms with van der Waals surface area (Å²) in [5.74, 6) is 1.79. The van der Waals surface area contributed by atoms with Gasteiger partial charge >= 0.3 is 6.03 Å². The van der Waals surface area contributed by atoms with Gasteiger partial charge in [0.2, 0.25) is 0 Å². The predicted octanol–water partition coefficient (Wildman–Crippen LogP) is 4.18. The highest BCUT2D eigenvalue weighted by Crippen LogP contribution is 2.36. The molecular formula is C27H31N5O2. The molecule has 7 nitrogen and oxygen atoms in total. The molecular weight excluding hydrogens is 426 g/mol. The molecule has 2 aromatic carbocycles. The first-order valence-corrected chi connectivity index (χ1v) is 11.9. The Morgan fingerprint density at radius 3 is 2.29 bits per heavy atom. The van der Waals surface area contributed by atoms with E-state index < -0.39 is 5.60 Å². The SMILES string of the molecule is CCCN1C(=O)N2C[C@@H](Cc3ccccc3)N=C2c2c1nc(C(C)(C)O)n2Cc1ccccc1. The second-order valence-electron chi connectivity index (χ2n) is 9.58. The summed E-state index contributed by atoms with van der Waals surface area (Å²) in [6.07, 6.45) is 1.57. The van der Waals surface area contributed by atoms with Gasteiger partial charge in [-0.2, -0.15) is 0 Å². The van der Waals surface area contributed by atoms with Crippen LogP contribution in [0.15, 0.2) is 65.7 Å². The Kier molecular flexibility index (Phi) is 5.73. The van der Waals surface area contributed by atoms with Crippen LogP contribution in [0.25, 0.3) is 0 Å². The van der Waals surface area contributed by atoms with Crippen LogP contribution in [-0.2, 0) is 18.6 Å². The second-order valence-corrected chi connectivity index (χ2v) is 9.58. The number of nitrogens with zero attached hydrogens (tertiary/aromatic N) is 5. The molecule has 3 aromatic rings. The minimum absolute atomic E-state index is 0.0264. The number of carbonyl (C=O) groups is 1. The molecule has 0 unspecified atom stereocenters. The molecule has 34 heavy (non-hydrogen) atoms. The first kappa shape index (κ1) is 22.3.